The average molecular weight is 809 g/mol. The van der Waals surface area contributed by atoms with Gasteiger partial charge in [-0.3, -0.25) is 0 Å². The average Bonchev–Trinajstić information content (AvgIpc) is 3.90. The first-order chi connectivity index (χ1) is 30.7. The van der Waals surface area contributed by atoms with Crippen LogP contribution in [0.1, 0.15) is 0 Å². The van der Waals surface area contributed by atoms with E-state index in [1.807, 2.05) is 29.5 Å². The quantitative estimate of drug-likeness (QED) is 0.161. The molecule has 0 spiro atoms. The number of rotatable bonds is 7. The summed E-state index contributed by atoms with van der Waals surface area (Å²) in [6, 6.07) is 77.5. The molecule has 0 unspecified atom stereocenters. The highest BCUT2D eigenvalue weighted by Crippen LogP contribution is 2.42. The van der Waals surface area contributed by atoms with Gasteiger partial charge in [-0.1, -0.05) is 176 Å². The number of thiophene rings is 1. The maximum absolute atomic E-state index is 5.39. The van der Waals surface area contributed by atoms with Crippen molar-refractivity contribution < 1.29 is 0 Å². The van der Waals surface area contributed by atoms with E-state index in [0.29, 0.717) is 17.5 Å². The highest BCUT2D eigenvalue weighted by molar-refractivity contribution is 7.26. The second kappa shape index (κ2) is 14.9. The summed E-state index contributed by atoms with van der Waals surface area (Å²) in [7, 11) is 0. The molecular weight excluding hydrogens is 773 g/mol. The molecule has 0 N–H and O–H groups in total. The van der Waals surface area contributed by atoms with Gasteiger partial charge in [-0.2, -0.15) is 0 Å². The Hall–Kier alpha value is -7.99. The van der Waals surface area contributed by atoms with Gasteiger partial charge < -0.3 is 4.57 Å². The third kappa shape index (κ3) is 6.18. The van der Waals surface area contributed by atoms with Gasteiger partial charge in [0.1, 0.15) is 0 Å². The van der Waals surface area contributed by atoms with Crippen LogP contribution in [0.4, 0.5) is 0 Å². The molecule has 0 saturated heterocycles. The molecule has 3 aromatic heterocycles. The van der Waals surface area contributed by atoms with Crippen LogP contribution in [0.15, 0.2) is 218 Å². The number of benzene rings is 9. The summed E-state index contributed by atoms with van der Waals surface area (Å²) >= 11 is 1.84. The minimum absolute atomic E-state index is 0.604. The smallest absolute Gasteiger partial charge is 0.166 e. The van der Waals surface area contributed by atoms with Crippen LogP contribution in [0.5, 0.6) is 0 Å². The zero-order valence-electron chi connectivity index (χ0n) is 33.5. The second-order valence-electron chi connectivity index (χ2n) is 15.6. The first kappa shape index (κ1) is 35.9. The molecule has 0 bridgehead atoms. The fourth-order valence-electron chi connectivity index (χ4n) is 8.90. The first-order valence-electron chi connectivity index (χ1n) is 20.8. The Labute approximate surface area is 362 Å². The van der Waals surface area contributed by atoms with E-state index < -0.39 is 0 Å². The molecule has 0 saturated carbocycles. The largest absolute Gasteiger partial charge is 0.308 e. The Morgan fingerprint density at radius 1 is 0.306 bits per heavy atom. The summed E-state index contributed by atoms with van der Waals surface area (Å²) in [4.78, 5) is 15.9. The van der Waals surface area contributed by atoms with Crippen LogP contribution < -0.4 is 0 Å². The van der Waals surface area contributed by atoms with Gasteiger partial charge >= 0.3 is 0 Å². The molecule has 0 fully saturated rings. The normalized spacial score (nSPS) is 11.5. The SMILES string of the molecule is c1ccc(-c2ccc(-c3nc(-c4ccccc4)nc(-c4cccc(-c5cccc6c5sc5ccccc56)c4)n3)c(-n3c4ccccc4c4cc(-c5ccccc5)ccc43)c2)cc1. The monoisotopic (exact) mass is 808 g/mol. The molecule has 0 radical (unpaired) electrons. The second-order valence-corrected chi connectivity index (χ2v) is 16.6. The Bertz CT molecular complexity index is 3630. The van der Waals surface area contributed by atoms with Crippen molar-refractivity contribution in [2.45, 2.75) is 0 Å². The van der Waals surface area contributed by atoms with E-state index in [2.05, 4.69) is 205 Å². The van der Waals surface area contributed by atoms with Gasteiger partial charge in [-0.15, -0.1) is 11.3 Å². The predicted molar refractivity (Wildman–Crippen MR) is 260 cm³/mol. The summed E-state index contributed by atoms with van der Waals surface area (Å²) in [5, 5.41) is 4.93. The lowest BCUT2D eigenvalue weighted by Crippen LogP contribution is -2.04. The Kier molecular flexibility index (Phi) is 8.65. The Morgan fingerprint density at radius 3 is 1.63 bits per heavy atom. The standard InChI is InChI=1S/C57H36N4S/c1-4-16-37(17-5-1)40-31-33-51-49(35-40)45-24-10-12-28-50(45)61(51)52-36-41(38-18-6-2-7-19-38)30-32-48(52)57-59-55(39-20-8-3-9-21-39)58-56(60-57)43-23-14-22-42(34-43)44-26-15-27-47-46-25-11-13-29-53(46)62-54(44)47/h1-36H. The zero-order chi connectivity index (χ0) is 41.0. The minimum Gasteiger partial charge on any atom is -0.308 e. The molecule has 3 heterocycles. The van der Waals surface area contributed by atoms with Crippen molar-refractivity contribution in [3.63, 3.8) is 0 Å². The van der Waals surface area contributed by atoms with Crippen LogP contribution in [0, 0.1) is 0 Å². The van der Waals surface area contributed by atoms with Crippen LogP contribution in [0.3, 0.4) is 0 Å². The van der Waals surface area contributed by atoms with Crippen molar-refractivity contribution in [2.24, 2.45) is 0 Å². The van der Waals surface area contributed by atoms with E-state index in [1.54, 1.807) is 0 Å². The number of fused-ring (bicyclic) bond motifs is 6. The Morgan fingerprint density at radius 2 is 0.855 bits per heavy atom. The van der Waals surface area contributed by atoms with Crippen LogP contribution in [0.25, 0.3) is 115 Å². The molecule has 5 heteroatoms. The third-order valence-corrected chi connectivity index (χ3v) is 13.1. The number of nitrogens with zero attached hydrogens (tertiary/aromatic N) is 4. The molecule has 9 aromatic carbocycles. The molecule has 0 aliphatic carbocycles. The predicted octanol–water partition coefficient (Wildman–Crippen LogP) is 15.3. The van der Waals surface area contributed by atoms with Crippen molar-refractivity contribution in [1.29, 1.82) is 0 Å². The van der Waals surface area contributed by atoms with E-state index in [-0.39, 0.29) is 0 Å². The van der Waals surface area contributed by atoms with Gasteiger partial charge in [0, 0.05) is 47.6 Å². The van der Waals surface area contributed by atoms with Crippen molar-refractivity contribution in [2.75, 3.05) is 0 Å². The van der Waals surface area contributed by atoms with Gasteiger partial charge in [0.25, 0.3) is 0 Å². The van der Waals surface area contributed by atoms with Gasteiger partial charge in [-0.05, 0) is 75.8 Å². The molecule has 0 amide bonds. The molecule has 0 aliphatic heterocycles. The van der Waals surface area contributed by atoms with Crippen LogP contribution in [-0.4, -0.2) is 19.5 Å². The van der Waals surface area contributed by atoms with Crippen molar-refractivity contribution in [3.8, 4) is 73.2 Å². The third-order valence-electron chi connectivity index (χ3n) is 11.9. The van der Waals surface area contributed by atoms with E-state index >= 15 is 0 Å². The summed E-state index contributed by atoms with van der Waals surface area (Å²) < 4.78 is 4.95. The maximum atomic E-state index is 5.39. The molecule has 0 atom stereocenters. The van der Waals surface area contributed by atoms with Crippen molar-refractivity contribution in [1.82, 2.24) is 19.5 Å². The molecule has 12 rings (SSSR count). The van der Waals surface area contributed by atoms with Crippen LogP contribution in [-0.2, 0) is 0 Å². The fraction of sp³-hybridized carbons (Fsp3) is 0. The summed E-state index contributed by atoms with van der Waals surface area (Å²) in [5.74, 6) is 1.84. The minimum atomic E-state index is 0.604. The first-order valence-corrected chi connectivity index (χ1v) is 21.7. The van der Waals surface area contributed by atoms with E-state index in [0.717, 1.165) is 50.1 Å². The summed E-state index contributed by atoms with van der Waals surface area (Å²) in [5.41, 5.74) is 12.9. The summed E-state index contributed by atoms with van der Waals surface area (Å²) in [6.07, 6.45) is 0. The van der Waals surface area contributed by atoms with Crippen molar-refractivity contribution >= 4 is 53.3 Å². The molecule has 4 nitrogen and oxygen atoms in total. The number of para-hydroxylation sites is 1. The molecule has 0 aliphatic rings. The van der Waals surface area contributed by atoms with Gasteiger partial charge in [-0.25, -0.2) is 15.0 Å². The number of hydrogen-bond acceptors (Lipinski definition) is 4. The van der Waals surface area contributed by atoms with Gasteiger partial charge in [0.05, 0.1) is 16.7 Å². The van der Waals surface area contributed by atoms with Gasteiger partial charge in [0.2, 0.25) is 0 Å². The van der Waals surface area contributed by atoms with E-state index in [4.69, 9.17) is 15.0 Å². The summed E-state index contributed by atoms with van der Waals surface area (Å²) in [6.45, 7) is 0. The van der Waals surface area contributed by atoms with Gasteiger partial charge in [0.15, 0.2) is 17.5 Å². The molecule has 12 aromatic rings. The fourth-order valence-corrected chi connectivity index (χ4v) is 10.1. The lowest BCUT2D eigenvalue weighted by atomic mass is 10.00. The number of hydrogen-bond donors (Lipinski definition) is 0. The lowest BCUT2D eigenvalue weighted by molar-refractivity contribution is 1.06. The molecule has 290 valence electrons. The number of aromatic nitrogens is 4. The van der Waals surface area contributed by atoms with Crippen LogP contribution in [0.2, 0.25) is 0 Å². The van der Waals surface area contributed by atoms with E-state index in [1.165, 1.54) is 47.6 Å². The topological polar surface area (TPSA) is 43.6 Å². The lowest BCUT2D eigenvalue weighted by Gasteiger charge is -2.17. The zero-order valence-corrected chi connectivity index (χ0v) is 34.3. The maximum Gasteiger partial charge on any atom is 0.166 e. The highest BCUT2D eigenvalue weighted by atomic mass is 32.1. The Balaban J connectivity index is 1.09. The van der Waals surface area contributed by atoms with Crippen LogP contribution >= 0.6 is 11.3 Å². The molecular formula is C57H36N4S. The molecule has 62 heavy (non-hydrogen) atoms. The van der Waals surface area contributed by atoms with Crippen molar-refractivity contribution in [3.05, 3.63) is 218 Å². The highest BCUT2D eigenvalue weighted by Gasteiger charge is 2.21. The van der Waals surface area contributed by atoms with E-state index in [9.17, 15) is 0 Å².